The van der Waals surface area contributed by atoms with E-state index in [-0.39, 0.29) is 18.2 Å². The van der Waals surface area contributed by atoms with E-state index in [1.807, 2.05) is 0 Å². The van der Waals surface area contributed by atoms with Crippen molar-refractivity contribution in [2.75, 3.05) is 12.3 Å². The lowest BCUT2D eigenvalue weighted by Crippen LogP contribution is -2.32. The smallest absolute Gasteiger partial charge is 0.352 e. The third-order valence-corrected chi connectivity index (χ3v) is 2.20. The number of aromatic nitrogens is 2. The van der Waals surface area contributed by atoms with E-state index in [4.69, 9.17) is 15.6 Å². The Hall–Kier alpha value is -1.86. The molecular weight excluding hydrogens is 217 g/mol. The van der Waals surface area contributed by atoms with Crippen molar-refractivity contribution in [3.05, 3.63) is 34.6 Å². The molecule has 0 spiro atoms. The summed E-state index contributed by atoms with van der Waals surface area (Å²) in [6.45, 7) is -0.329. The van der Waals surface area contributed by atoms with Crippen LogP contribution in [0.2, 0.25) is 0 Å². The van der Waals surface area contributed by atoms with E-state index in [0.717, 1.165) is 4.57 Å². The zero-order valence-electron chi connectivity index (χ0n) is 8.28. The molecule has 0 radical (unpaired) electrons. The van der Waals surface area contributed by atoms with Crippen molar-refractivity contribution >= 4 is 5.82 Å². The number of nitrogens with two attached hydrogens (primary N) is 1. The maximum Gasteiger partial charge on any atom is 0.352 e. The van der Waals surface area contributed by atoms with Crippen LogP contribution in [0.4, 0.5) is 5.82 Å². The second-order valence-corrected chi connectivity index (χ2v) is 3.33. The minimum atomic E-state index is -0.995. The van der Waals surface area contributed by atoms with E-state index in [1.165, 1.54) is 18.3 Å². The van der Waals surface area contributed by atoms with Crippen molar-refractivity contribution in [1.82, 2.24) is 9.55 Å². The van der Waals surface area contributed by atoms with Crippen LogP contribution < -0.4 is 11.4 Å². The van der Waals surface area contributed by atoms with E-state index >= 15 is 0 Å². The highest BCUT2D eigenvalue weighted by molar-refractivity contribution is 5.23. The molecule has 0 amide bonds. The fourth-order valence-electron chi connectivity index (χ4n) is 1.47. The molecule has 7 heteroatoms. The van der Waals surface area contributed by atoms with Gasteiger partial charge in [0.05, 0.1) is 0 Å². The highest BCUT2D eigenvalue weighted by Gasteiger charge is 2.29. The Morgan fingerprint density at radius 1 is 1.62 bits per heavy atom. The average molecular weight is 228 g/mol. The van der Waals surface area contributed by atoms with Crippen molar-refractivity contribution in [2.45, 2.75) is 12.3 Å². The van der Waals surface area contributed by atoms with Gasteiger partial charge in [0.25, 0.3) is 0 Å². The highest BCUT2D eigenvalue weighted by atomic mass is 16.6. The summed E-state index contributed by atoms with van der Waals surface area (Å²) in [5.41, 5.74) is 4.72. The molecule has 7 nitrogen and oxygen atoms in total. The van der Waals surface area contributed by atoms with Crippen LogP contribution in [0.3, 0.4) is 0 Å². The Morgan fingerprint density at radius 2 is 2.38 bits per heavy atom. The molecule has 1 aliphatic heterocycles. The molecule has 2 atom stereocenters. The van der Waals surface area contributed by atoms with E-state index in [1.54, 1.807) is 0 Å². The molecule has 0 fully saturated rings. The molecule has 0 saturated carbocycles. The van der Waals surface area contributed by atoms with Gasteiger partial charge in [-0.05, 0) is 12.1 Å². The van der Waals surface area contributed by atoms with Gasteiger partial charge in [0.15, 0.2) is 0 Å². The molecular formula is C9H11N3O4. The summed E-state index contributed by atoms with van der Waals surface area (Å²) in [5.74, 6) is 0.324. The van der Waals surface area contributed by atoms with Crippen molar-refractivity contribution in [1.29, 1.82) is 0 Å². The van der Waals surface area contributed by atoms with Gasteiger partial charge >= 0.3 is 5.69 Å². The van der Waals surface area contributed by atoms with Crippen molar-refractivity contribution in [2.24, 2.45) is 0 Å². The molecule has 0 saturated heterocycles. The topological polar surface area (TPSA) is 111 Å². The van der Waals surface area contributed by atoms with Crippen LogP contribution >= 0.6 is 0 Å². The van der Waals surface area contributed by atoms with E-state index in [2.05, 4.69) is 4.98 Å². The Kier molecular flexibility index (Phi) is 2.63. The zero-order valence-corrected chi connectivity index (χ0v) is 8.28. The van der Waals surface area contributed by atoms with Gasteiger partial charge < -0.3 is 20.7 Å². The van der Waals surface area contributed by atoms with Gasteiger partial charge in [0, 0.05) is 6.20 Å². The monoisotopic (exact) mass is 228 g/mol. The zero-order chi connectivity index (χ0) is 11.7. The summed E-state index contributed by atoms with van der Waals surface area (Å²) < 4.78 is 6.28. The molecule has 4 N–H and O–H groups in total. The maximum atomic E-state index is 11.5. The number of hydrogen-bond donors (Lipinski definition) is 3. The Balaban J connectivity index is 2.30. The Labute approximate surface area is 90.4 Å². The van der Waals surface area contributed by atoms with Crippen LogP contribution in [0, 0.1) is 0 Å². The van der Waals surface area contributed by atoms with Gasteiger partial charge in [-0.15, -0.1) is 0 Å². The van der Waals surface area contributed by atoms with Crippen LogP contribution in [-0.4, -0.2) is 32.5 Å². The van der Waals surface area contributed by atoms with E-state index in [9.17, 15) is 9.90 Å². The van der Waals surface area contributed by atoms with Crippen molar-refractivity contribution in [3.8, 4) is 0 Å². The largest absolute Gasteiger partial charge is 0.469 e. The molecule has 2 rings (SSSR count). The highest BCUT2D eigenvalue weighted by Crippen LogP contribution is 2.24. The second kappa shape index (κ2) is 3.95. The van der Waals surface area contributed by atoms with Crippen LogP contribution in [0.25, 0.3) is 0 Å². The molecule has 0 bridgehead atoms. The molecule has 0 aliphatic carbocycles. The van der Waals surface area contributed by atoms with Crippen molar-refractivity contribution in [3.63, 3.8) is 0 Å². The molecule has 1 aromatic rings. The minimum Gasteiger partial charge on any atom is -0.469 e. The molecule has 1 aliphatic rings. The summed E-state index contributed by atoms with van der Waals surface area (Å²) in [6, 6.07) is 1.43. The minimum absolute atomic E-state index is 0.101. The molecule has 0 aromatic carbocycles. The van der Waals surface area contributed by atoms with Gasteiger partial charge in [0.1, 0.15) is 24.3 Å². The summed E-state index contributed by atoms with van der Waals surface area (Å²) in [6.07, 6.45) is 0.827. The molecule has 1 aromatic heterocycles. The summed E-state index contributed by atoms with van der Waals surface area (Å²) in [7, 11) is 0. The predicted octanol–water partition coefficient (Wildman–Crippen LogP) is -1.41. The first kappa shape index (κ1) is 10.7. The van der Waals surface area contributed by atoms with E-state index in [0.29, 0.717) is 0 Å². The number of nitrogens with zero attached hydrogens (tertiary/aromatic N) is 2. The van der Waals surface area contributed by atoms with Gasteiger partial charge in [0.2, 0.25) is 6.23 Å². The Morgan fingerprint density at radius 3 is 2.94 bits per heavy atom. The average Bonchev–Trinajstić information content (AvgIpc) is 2.60. The van der Waals surface area contributed by atoms with E-state index < -0.39 is 18.0 Å². The van der Waals surface area contributed by atoms with Crippen LogP contribution in [0.5, 0.6) is 0 Å². The lowest BCUT2D eigenvalue weighted by molar-refractivity contribution is -0.0103. The van der Waals surface area contributed by atoms with Gasteiger partial charge in [-0.1, -0.05) is 0 Å². The number of hydrogen-bond acceptors (Lipinski definition) is 6. The van der Waals surface area contributed by atoms with Gasteiger partial charge in [-0.3, -0.25) is 4.57 Å². The fourth-order valence-corrected chi connectivity index (χ4v) is 1.47. The summed E-state index contributed by atoms with van der Waals surface area (Å²) >= 11 is 0. The second-order valence-electron chi connectivity index (χ2n) is 3.33. The summed E-state index contributed by atoms with van der Waals surface area (Å²) in [5, 5.41) is 18.4. The predicted molar refractivity (Wildman–Crippen MR) is 54.2 cm³/mol. The van der Waals surface area contributed by atoms with Crippen LogP contribution in [0.1, 0.15) is 6.23 Å². The maximum absolute atomic E-state index is 11.5. The number of ether oxygens (including phenoxy) is 1. The number of nitrogen functional groups attached to an aromatic ring is 1. The first-order valence-electron chi connectivity index (χ1n) is 4.63. The SMILES string of the molecule is Nc1cc[15n]([C@@H]2OC(CO)=C[C@H]2O)[13c](=O)[15n]1. The lowest BCUT2D eigenvalue weighted by atomic mass is 10.3. The van der Waals surface area contributed by atoms with Gasteiger partial charge in [-0.25, -0.2) is 4.79 Å². The standard InChI is InChI=1S/C9H11N3O4/c10-7-1-2-12(9(15)11-7)8-6(14)3-5(4-13)16-8/h1-3,6,8,13-14H,4H2,(H2,10,11,15)/t6-,8-/m1/s1/i9+1,11+1,12+1. The van der Waals surface area contributed by atoms with Crippen LogP contribution in [0.15, 0.2) is 28.9 Å². The first-order valence-corrected chi connectivity index (χ1v) is 4.63. The number of anilines is 1. The molecule has 86 valence electrons. The van der Waals surface area contributed by atoms with Crippen molar-refractivity contribution < 1.29 is 14.9 Å². The third kappa shape index (κ3) is 1.77. The normalized spacial score (nSPS) is 24.0. The molecule has 2 heterocycles. The number of rotatable bonds is 2. The first-order chi connectivity index (χ1) is 7.61. The number of aliphatic hydroxyl groups is 2. The Bertz CT molecular complexity index is 482. The quantitative estimate of drug-likeness (QED) is 0.573. The van der Waals surface area contributed by atoms with Crippen LogP contribution in [-0.2, 0) is 4.74 Å². The molecule has 16 heavy (non-hydrogen) atoms. The molecule has 0 unspecified atom stereocenters. The number of aliphatic hydroxyl groups excluding tert-OH is 2. The fraction of sp³-hybridized carbons (Fsp3) is 0.333. The lowest BCUT2D eigenvalue weighted by Gasteiger charge is -2.17. The summed E-state index contributed by atoms with van der Waals surface area (Å²) in [4.78, 5) is 15.0. The third-order valence-electron chi connectivity index (χ3n) is 2.20. The van der Waals surface area contributed by atoms with Gasteiger partial charge in [-0.2, -0.15) is 4.98 Å².